The number of aromatic hydroxyl groups is 1. The van der Waals surface area contributed by atoms with E-state index in [0.29, 0.717) is 0 Å². The summed E-state index contributed by atoms with van der Waals surface area (Å²) in [5, 5.41) is 9.49. The van der Waals surface area contributed by atoms with Crippen LogP contribution in [0.2, 0.25) is 0 Å². The van der Waals surface area contributed by atoms with E-state index in [2.05, 4.69) is 19.9 Å². The highest BCUT2D eigenvalue weighted by atomic mass is 16.3. The number of nitrogens with one attached hydrogen (secondary N) is 1. The summed E-state index contributed by atoms with van der Waals surface area (Å²) in [6.45, 7) is 0. The fourth-order valence-corrected chi connectivity index (χ4v) is 2.24. The minimum Gasteiger partial charge on any atom is -0.508 e. The summed E-state index contributed by atoms with van der Waals surface area (Å²) >= 11 is 0. The molecule has 0 saturated carbocycles. The lowest BCUT2D eigenvalue weighted by atomic mass is 10.2. The van der Waals surface area contributed by atoms with E-state index < -0.39 is 0 Å². The van der Waals surface area contributed by atoms with Crippen molar-refractivity contribution >= 4 is 22.1 Å². The highest BCUT2D eigenvalue weighted by Gasteiger charge is 2.07. The minimum atomic E-state index is 0.220. The van der Waals surface area contributed by atoms with Crippen molar-refractivity contribution in [1.29, 1.82) is 0 Å². The Kier molecular flexibility index (Phi) is 2.20. The second kappa shape index (κ2) is 4.03. The first-order chi connectivity index (χ1) is 9.79. The Morgan fingerprint density at radius 2 is 1.65 bits per heavy atom. The van der Waals surface area contributed by atoms with Crippen molar-refractivity contribution in [2.45, 2.75) is 0 Å². The van der Waals surface area contributed by atoms with Crippen molar-refractivity contribution in [1.82, 2.24) is 19.9 Å². The Hall–Kier alpha value is -2.95. The molecule has 4 rings (SSSR count). The normalized spacial score (nSPS) is 11.2. The maximum atomic E-state index is 9.49. The maximum Gasteiger partial charge on any atom is 0.138 e. The molecule has 0 atom stereocenters. The number of rotatable bonds is 1. The first-order valence-corrected chi connectivity index (χ1v) is 6.19. The van der Waals surface area contributed by atoms with Gasteiger partial charge in [0.05, 0.1) is 22.1 Å². The molecule has 0 unspecified atom stereocenters. The number of phenolic OH excluding ortho intramolecular Hbond substituents is 1. The summed E-state index contributed by atoms with van der Waals surface area (Å²) in [6, 6.07) is 10.9. The zero-order chi connectivity index (χ0) is 13.5. The second-order valence-electron chi connectivity index (χ2n) is 4.55. The van der Waals surface area contributed by atoms with Crippen LogP contribution in [0.15, 0.2) is 48.8 Å². The van der Waals surface area contributed by atoms with Gasteiger partial charge in [-0.2, -0.15) is 0 Å². The Bertz CT molecular complexity index is 929. The van der Waals surface area contributed by atoms with Crippen LogP contribution in [0.4, 0.5) is 0 Å². The van der Waals surface area contributed by atoms with E-state index >= 15 is 0 Å². The van der Waals surface area contributed by atoms with E-state index in [4.69, 9.17) is 0 Å². The van der Waals surface area contributed by atoms with E-state index in [1.807, 2.05) is 18.2 Å². The zero-order valence-corrected chi connectivity index (χ0v) is 10.4. The molecule has 96 valence electrons. The summed E-state index contributed by atoms with van der Waals surface area (Å²) in [7, 11) is 0. The highest BCUT2D eigenvalue weighted by Crippen LogP contribution is 2.24. The molecule has 0 amide bonds. The average molecular weight is 262 g/mol. The number of nitrogens with zero attached hydrogens (tertiary/aromatic N) is 3. The fourth-order valence-electron chi connectivity index (χ4n) is 2.24. The first kappa shape index (κ1) is 10.9. The number of aromatic nitrogens is 4. The number of benzene rings is 2. The lowest BCUT2D eigenvalue weighted by Crippen LogP contribution is -1.85. The quantitative estimate of drug-likeness (QED) is 0.553. The van der Waals surface area contributed by atoms with E-state index in [-0.39, 0.29) is 5.75 Å². The van der Waals surface area contributed by atoms with Gasteiger partial charge in [-0.25, -0.2) is 4.98 Å². The summed E-state index contributed by atoms with van der Waals surface area (Å²) in [5.41, 5.74) is 4.24. The number of imidazole rings is 1. The molecule has 0 saturated heterocycles. The van der Waals surface area contributed by atoms with Crippen molar-refractivity contribution in [3.63, 3.8) is 0 Å². The van der Waals surface area contributed by atoms with E-state index in [0.717, 1.165) is 33.5 Å². The predicted molar refractivity (Wildman–Crippen MR) is 76.3 cm³/mol. The van der Waals surface area contributed by atoms with Gasteiger partial charge < -0.3 is 10.1 Å². The lowest BCUT2D eigenvalue weighted by molar-refractivity contribution is 0.476. The monoisotopic (exact) mass is 262 g/mol. The molecule has 0 spiro atoms. The number of fused-ring (bicyclic) bond motifs is 2. The molecule has 2 heterocycles. The van der Waals surface area contributed by atoms with Gasteiger partial charge >= 0.3 is 0 Å². The predicted octanol–water partition coefficient (Wildman–Crippen LogP) is 2.88. The first-order valence-electron chi connectivity index (χ1n) is 6.19. The second-order valence-corrected chi connectivity index (χ2v) is 4.55. The third-order valence-corrected chi connectivity index (χ3v) is 3.21. The van der Waals surface area contributed by atoms with Gasteiger partial charge in [-0.3, -0.25) is 9.97 Å². The van der Waals surface area contributed by atoms with Crippen LogP contribution in [0, 0.1) is 0 Å². The largest absolute Gasteiger partial charge is 0.508 e. The van der Waals surface area contributed by atoms with Crippen LogP contribution < -0.4 is 0 Å². The van der Waals surface area contributed by atoms with Gasteiger partial charge in [0.2, 0.25) is 0 Å². The zero-order valence-electron chi connectivity index (χ0n) is 10.4. The Morgan fingerprint density at radius 1 is 0.850 bits per heavy atom. The molecule has 0 aliphatic rings. The topological polar surface area (TPSA) is 74.7 Å². The van der Waals surface area contributed by atoms with Crippen LogP contribution in [-0.4, -0.2) is 25.0 Å². The third-order valence-electron chi connectivity index (χ3n) is 3.21. The Balaban J connectivity index is 1.91. The van der Waals surface area contributed by atoms with E-state index in [1.165, 1.54) is 0 Å². The molecular weight excluding hydrogens is 252 g/mol. The minimum absolute atomic E-state index is 0.220. The molecule has 5 heteroatoms. The molecule has 4 aromatic rings. The van der Waals surface area contributed by atoms with Gasteiger partial charge in [0, 0.05) is 24.0 Å². The van der Waals surface area contributed by atoms with Gasteiger partial charge in [-0.15, -0.1) is 0 Å². The molecule has 2 aromatic carbocycles. The molecule has 0 bridgehead atoms. The van der Waals surface area contributed by atoms with Crippen molar-refractivity contribution < 1.29 is 5.11 Å². The number of H-pyrrole nitrogens is 1. The molecule has 5 nitrogen and oxygen atoms in total. The summed E-state index contributed by atoms with van der Waals surface area (Å²) in [4.78, 5) is 16.2. The molecule has 2 aromatic heterocycles. The van der Waals surface area contributed by atoms with Crippen molar-refractivity contribution in [2.24, 2.45) is 0 Å². The maximum absolute atomic E-state index is 9.49. The van der Waals surface area contributed by atoms with Crippen LogP contribution in [0.1, 0.15) is 0 Å². The third kappa shape index (κ3) is 1.68. The van der Waals surface area contributed by atoms with Crippen LogP contribution in [0.3, 0.4) is 0 Å². The van der Waals surface area contributed by atoms with Gasteiger partial charge in [-0.1, -0.05) is 0 Å². The van der Waals surface area contributed by atoms with Gasteiger partial charge in [0.1, 0.15) is 11.6 Å². The average Bonchev–Trinajstić information content (AvgIpc) is 2.89. The molecule has 20 heavy (non-hydrogen) atoms. The van der Waals surface area contributed by atoms with E-state index in [1.54, 1.807) is 30.6 Å². The van der Waals surface area contributed by atoms with E-state index in [9.17, 15) is 5.11 Å². The molecule has 0 aliphatic carbocycles. The van der Waals surface area contributed by atoms with Crippen molar-refractivity contribution in [3.05, 3.63) is 48.8 Å². The molecule has 0 radical (unpaired) electrons. The Labute approximate surface area is 114 Å². The van der Waals surface area contributed by atoms with Crippen molar-refractivity contribution in [3.8, 4) is 17.1 Å². The van der Waals surface area contributed by atoms with Gasteiger partial charge in [0.25, 0.3) is 0 Å². The SMILES string of the molecule is Oc1ccc2nc(-c3ccc4nccnc4c3)[nH]c2c1. The molecule has 2 N–H and O–H groups in total. The van der Waals surface area contributed by atoms with Crippen molar-refractivity contribution in [2.75, 3.05) is 0 Å². The van der Waals surface area contributed by atoms with Crippen LogP contribution >= 0.6 is 0 Å². The fraction of sp³-hybridized carbons (Fsp3) is 0. The standard InChI is InChI=1S/C15H10N4O/c20-10-2-4-12-14(8-10)19-15(18-12)9-1-3-11-13(7-9)17-6-5-16-11/h1-8,20H,(H,18,19). The number of hydrogen-bond acceptors (Lipinski definition) is 4. The highest BCUT2D eigenvalue weighted by molar-refractivity contribution is 5.84. The number of aromatic amines is 1. The molecule has 0 aliphatic heterocycles. The van der Waals surface area contributed by atoms with Crippen LogP contribution in [0.25, 0.3) is 33.5 Å². The van der Waals surface area contributed by atoms with Crippen LogP contribution in [0.5, 0.6) is 5.75 Å². The molecular formula is C15H10N4O. The molecule has 0 fully saturated rings. The summed E-state index contributed by atoms with van der Waals surface area (Å²) < 4.78 is 0. The van der Waals surface area contributed by atoms with Crippen LogP contribution in [-0.2, 0) is 0 Å². The lowest BCUT2D eigenvalue weighted by Gasteiger charge is -1.99. The van der Waals surface area contributed by atoms with Gasteiger partial charge in [0.15, 0.2) is 0 Å². The Morgan fingerprint density at radius 3 is 2.55 bits per heavy atom. The summed E-state index contributed by atoms with van der Waals surface area (Å²) in [6.07, 6.45) is 3.34. The number of phenols is 1. The summed E-state index contributed by atoms with van der Waals surface area (Å²) in [5.74, 6) is 0.968. The number of hydrogen-bond donors (Lipinski definition) is 2. The smallest absolute Gasteiger partial charge is 0.138 e. The van der Waals surface area contributed by atoms with Gasteiger partial charge in [-0.05, 0) is 30.3 Å².